The fraction of sp³-hybridized carbons (Fsp3) is 0.240. The van der Waals surface area contributed by atoms with Crippen molar-refractivity contribution in [3.8, 4) is 0 Å². The molecule has 0 aliphatic carbocycles. The fourth-order valence-electron chi connectivity index (χ4n) is 4.10. The van der Waals surface area contributed by atoms with Crippen LogP contribution in [0.1, 0.15) is 35.1 Å². The number of halogens is 2. The normalized spacial score (nSPS) is 16.6. The molecule has 0 radical (unpaired) electrons. The third-order valence-corrected chi connectivity index (χ3v) is 7.12. The van der Waals surface area contributed by atoms with Crippen LogP contribution < -0.4 is 10.0 Å². The number of anilines is 1. The van der Waals surface area contributed by atoms with E-state index in [4.69, 9.17) is 0 Å². The molecule has 178 valence electrons. The summed E-state index contributed by atoms with van der Waals surface area (Å²) in [6.45, 7) is 2.57. The minimum atomic E-state index is -4.00. The fourth-order valence-corrected chi connectivity index (χ4v) is 5.26. The summed E-state index contributed by atoms with van der Waals surface area (Å²) in [5, 5.41) is 2.95. The molecule has 0 bridgehead atoms. The molecule has 2 N–H and O–H groups in total. The van der Waals surface area contributed by atoms with Gasteiger partial charge in [0.2, 0.25) is 5.96 Å². The standard InChI is InChI=1S/C25H26F2N4O2S/c1-16(19-10-6-7-11-20(19)26)23-21(27)12-13-22-24(23)29-25(30-34(22,32)33)28-14-17-8-4-5-9-18(17)15-31(2)3/h4-13,16H,14-15H2,1-3H3,(H2,28,29,30). The van der Waals surface area contributed by atoms with Gasteiger partial charge in [-0.25, -0.2) is 26.9 Å². The third kappa shape index (κ3) is 4.80. The zero-order valence-corrected chi connectivity index (χ0v) is 20.0. The zero-order chi connectivity index (χ0) is 24.5. The van der Waals surface area contributed by atoms with Crippen LogP contribution in [0.15, 0.2) is 70.6 Å². The third-order valence-electron chi connectivity index (χ3n) is 5.74. The molecule has 1 atom stereocenters. The Hall–Kier alpha value is -3.30. The summed E-state index contributed by atoms with van der Waals surface area (Å²) in [6, 6.07) is 16.1. The number of sulfonamides is 1. The highest BCUT2D eigenvalue weighted by Gasteiger charge is 2.32. The van der Waals surface area contributed by atoms with Gasteiger partial charge in [-0.1, -0.05) is 49.4 Å². The molecule has 0 saturated heterocycles. The van der Waals surface area contributed by atoms with Crippen molar-refractivity contribution in [2.45, 2.75) is 30.8 Å². The summed E-state index contributed by atoms with van der Waals surface area (Å²) in [5.41, 5.74) is 2.40. The second kappa shape index (κ2) is 9.52. The summed E-state index contributed by atoms with van der Waals surface area (Å²) in [7, 11) is -0.0787. The lowest BCUT2D eigenvalue weighted by Gasteiger charge is -2.27. The molecule has 0 saturated carbocycles. The number of nitrogens with zero attached hydrogens (tertiary/aromatic N) is 2. The number of aliphatic imine (C=N–C) groups is 1. The average molecular weight is 485 g/mol. The van der Waals surface area contributed by atoms with E-state index >= 15 is 4.39 Å². The van der Waals surface area contributed by atoms with Gasteiger partial charge in [0, 0.05) is 18.0 Å². The Morgan fingerprint density at radius 1 is 0.941 bits per heavy atom. The molecular formula is C25H26F2N4O2S. The first-order valence-corrected chi connectivity index (χ1v) is 12.3. The van der Waals surface area contributed by atoms with Crippen LogP contribution >= 0.6 is 0 Å². The summed E-state index contributed by atoms with van der Waals surface area (Å²) in [5.74, 6) is -1.87. The second-order valence-corrected chi connectivity index (χ2v) is 10.1. The van der Waals surface area contributed by atoms with Crippen LogP contribution in [0.25, 0.3) is 0 Å². The Bertz CT molecular complexity index is 1360. The smallest absolute Gasteiger partial charge is 0.266 e. The summed E-state index contributed by atoms with van der Waals surface area (Å²) in [6.07, 6.45) is 0. The van der Waals surface area contributed by atoms with E-state index in [-0.39, 0.29) is 34.2 Å². The largest absolute Gasteiger partial charge is 0.324 e. The molecule has 4 rings (SSSR count). The average Bonchev–Trinajstić information content (AvgIpc) is 2.77. The zero-order valence-electron chi connectivity index (χ0n) is 19.1. The van der Waals surface area contributed by atoms with Gasteiger partial charge in [0.1, 0.15) is 16.5 Å². The van der Waals surface area contributed by atoms with Gasteiger partial charge >= 0.3 is 0 Å². The first kappa shape index (κ1) is 23.8. The van der Waals surface area contributed by atoms with E-state index in [1.54, 1.807) is 25.1 Å². The maximum atomic E-state index is 15.0. The highest BCUT2D eigenvalue weighted by Crippen LogP contribution is 2.38. The molecule has 1 heterocycles. The van der Waals surface area contributed by atoms with Gasteiger partial charge in [0.15, 0.2) is 0 Å². The molecule has 0 aromatic heterocycles. The van der Waals surface area contributed by atoms with Gasteiger partial charge < -0.3 is 10.2 Å². The molecular weight excluding hydrogens is 458 g/mol. The molecule has 0 fully saturated rings. The number of rotatable bonds is 6. The molecule has 1 aliphatic heterocycles. The number of fused-ring (bicyclic) bond motifs is 1. The number of nitrogens with one attached hydrogen (secondary N) is 2. The van der Waals surface area contributed by atoms with Crippen molar-refractivity contribution in [1.29, 1.82) is 0 Å². The molecule has 3 aromatic carbocycles. The van der Waals surface area contributed by atoms with Gasteiger partial charge in [-0.15, -0.1) is 0 Å². The lowest BCUT2D eigenvalue weighted by atomic mass is 9.91. The van der Waals surface area contributed by atoms with Crippen molar-refractivity contribution < 1.29 is 17.2 Å². The van der Waals surface area contributed by atoms with Crippen molar-refractivity contribution in [3.63, 3.8) is 0 Å². The van der Waals surface area contributed by atoms with E-state index in [2.05, 4.69) is 15.0 Å². The lowest BCUT2D eigenvalue weighted by Crippen LogP contribution is -2.41. The van der Waals surface area contributed by atoms with Gasteiger partial charge in [-0.05, 0) is 49.0 Å². The van der Waals surface area contributed by atoms with Gasteiger partial charge in [-0.3, -0.25) is 0 Å². The summed E-state index contributed by atoms with van der Waals surface area (Å²) < 4.78 is 57.8. The molecule has 3 aromatic rings. The Kier molecular flexibility index (Phi) is 6.67. The Balaban J connectivity index is 1.74. The quantitative estimate of drug-likeness (QED) is 0.543. The van der Waals surface area contributed by atoms with Gasteiger partial charge in [0.05, 0.1) is 12.2 Å². The molecule has 0 amide bonds. The van der Waals surface area contributed by atoms with Crippen LogP contribution in [0, 0.1) is 11.6 Å². The first-order chi connectivity index (χ1) is 16.2. The van der Waals surface area contributed by atoms with Crippen molar-refractivity contribution in [2.24, 2.45) is 4.99 Å². The Labute approximate surface area is 198 Å². The molecule has 0 spiro atoms. The molecule has 1 aliphatic rings. The van der Waals surface area contributed by atoms with E-state index in [9.17, 15) is 12.8 Å². The van der Waals surface area contributed by atoms with Crippen molar-refractivity contribution in [3.05, 3.63) is 94.6 Å². The number of benzene rings is 3. The van der Waals surface area contributed by atoms with E-state index in [1.807, 2.05) is 43.3 Å². The van der Waals surface area contributed by atoms with Crippen molar-refractivity contribution in [2.75, 3.05) is 19.4 Å². The lowest BCUT2D eigenvalue weighted by molar-refractivity contribution is 0.401. The number of hydrogen-bond donors (Lipinski definition) is 2. The minimum Gasteiger partial charge on any atom is -0.324 e. The van der Waals surface area contributed by atoms with Crippen molar-refractivity contribution in [1.82, 2.24) is 9.62 Å². The number of guanidine groups is 1. The SMILES string of the molecule is CC(c1ccccc1F)c1c(F)ccc2c1NC(=NCc1ccccc1CN(C)C)NS2(=O)=O. The van der Waals surface area contributed by atoms with E-state index < -0.39 is 27.6 Å². The minimum absolute atomic E-state index is 0.0141. The summed E-state index contributed by atoms with van der Waals surface area (Å²) >= 11 is 0. The van der Waals surface area contributed by atoms with Crippen LogP contribution in [0.3, 0.4) is 0 Å². The first-order valence-electron chi connectivity index (χ1n) is 10.8. The van der Waals surface area contributed by atoms with E-state index in [1.165, 1.54) is 12.1 Å². The van der Waals surface area contributed by atoms with Gasteiger partial charge in [0.25, 0.3) is 10.0 Å². The molecule has 1 unspecified atom stereocenters. The maximum Gasteiger partial charge on any atom is 0.266 e. The van der Waals surface area contributed by atoms with Crippen LogP contribution in [0.2, 0.25) is 0 Å². The predicted octanol–water partition coefficient (Wildman–Crippen LogP) is 4.44. The molecule has 9 heteroatoms. The Morgan fingerprint density at radius 2 is 1.62 bits per heavy atom. The second-order valence-electron chi connectivity index (χ2n) is 8.48. The van der Waals surface area contributed by atoms with Crippen LogP contribution in [0.4, 0.5) is 14.5 Å². The highest BCUT2D eigenvalue weighted by molar-refractivity contribution is 7.90. The topological polar surface area (TPSA) is 73.8 Å². The Morgan fingerprint density at radius 3 is 2.32 bits per heavy atom. The highest BCUT2D eigenvalue weighted by atomic mass is 32.2. The maximum absolute atomic E-state index is 15.0. The predicted molar refractivity (Wildman–Crippen MR) is 129 cm³/mol. The van der Waals surface area contributed by atoms with Crippen LogP contribution in [-0.2, 0) is 23.1 Å². The van der Waals surface area contributed by atoms with Crippen LogP contribution in [0.5, 0.6) is 0 Å². The van der Waals surface area contributed by atoms with Crippen molar-refractivity contribution >= 4 is 21.7 Å². The van der Waals surface area contributed by atoms with Crippen LogP contribution in [-0.4, -0.2) is 33.4 Å². The number of hydrogen-bond acceptors (Lipinski definition) is 4. The van der Waals surface area contributed by atoms with Gasteiger partial charge in [-0.2, -0.15) is 0 Å². The monoisotopic (exact) mass is 484 g/mol. The molecule has 34 heavy (non-hydrogen) atoms. The molecule has 6 nitrogen and oxygen atoms in total. The summed E-state index contributed by atoms with van der Waals surface area (Å²) in [4.78, 5) is 6.36. The van der Waals surface area contributed by atoms with E-state index in [0.29, 0.717) is 6.54 Å². The van der Waals surface area contributed by atoms with E-state index in [0.717, 1.165) is 17.2 Å².